The number of carboxylic acid groups (broad SMARTS) is 1. The SMILES string of the molecule is O=C(O)c1c(F)c(F)c(O)c(F)c1Cl. The Balaban J connectivity index is 3.68. The van der Waals surface area contributed by atoms with Crippen LogP contribution in [0.25, 0.3) is 0 Å². The summed E-state index contributed by atoms with van der Waals surface area (Å²) in [6.45, 7) is 0. The Hall–Kier alpha value is -1.43. The molecule has 7 heteroatoms. The summed E-state index contributed by atoms with van der Waals surface area (Å²) in [7, 11) is 0. The number of carboxylic acids is 1. The monoisotopic (exact) mass is 226 g/mol. The van der Waals surface area contributed by atoms with Crippen molar-refractivity contribution in [1.29, 1.82) is 0 Å². The van der Waals surface area contributed by atoms with E-state index in [1.54, 1.807) is 0 Å². The predicted molar refractivity (Wildman–Crippen MR) is 40.0 cm³/mol. The van der Waals surface area contributed by atoms with Crippen molar-refractivity contribution < 1.29 is 28.2 Å². The van der Waals surface area contributed by atoms with Crippen molar-refractivity contribution in [2.45, 2.75) is 0 Å². The molecule has 0 bridgehead atoms. The first-order valence-corrected chi connectivity index (χ1v) is 3.54. The molecule has 0 fully saturated rings. The van der Waals surface area contributed by atoms with Crippen LogP contribution in [0.15, 0.2) is 0 Å². The van der Waals surface area contributed by atoms with Gasteiger partial charge >= 0.3 is 5.97 Å². The predicted octanol–water partition coefficient (Wildman–Crippen LogP) is 2.16. The van der Waals surface area contributed by atoms with Crippen LogP contribution in [0.1, 0.15) is 10.4 Å². The van der Waals surface area contributed by atoms with Gasteiger partial charge < -0.3 is 10.2 Å². The Morgan fingerprint density at radius 1 is 1.14 bits per heavy atom. The summed E-state index contributed by atoms with van der Waals surface area (Å²) in [6, 6.07) is 0. The molecule has 0 saturated heterocycles. The normalized spacial score (nSPS) is 10.3. The molecule has 1 aromatic carbocycles. The first-order valence-electron chi connectivity index (χ1n) is 3.16. The van der Waals surface area contributed by atoms with Gasteiger partial charge in [0.15, 0.2) is 17.4 Å². The molecule has 1 rings (SSSR count). The van der Waals surface area contributed by atoms with E-state index in [2.05, 4.69) is 0 Å². The van der Waals surface area contributed by atoms with Gasteiger partial charge in [0.05, 0.1) is 5.02 Å². The largest absolute Gasteiger partial charge is 0.503 e. The van der Waals surface area contributed by atoms with Gasteiger partial charge in [-0.25, -0.2) is 13.6 Å². The smallest absolute Gasteiger partial charge is 0.340 e. The number of halogens is 4. The fraction of sp³-hybridized carbons (Fsp3) is 0. The quantitative estimate of drug-likeness (QED) is 0.722. The van der Waals surface area contributed by atoms with E-state index < -0.39 is 39.8 Å². The molecule has 0 saturated carbocycles. The van der Waals surface area contributed by atoms with Crippen LogP contribution in [-0.4, -0.2) is 16.2 Å². The fourth-order valence-corrected chi connectivity index (χ4v) is 1.06. The van der Waals surface area contributed by atoms with Gasteiger partial charge in [-0.2, -0.15) is 4.39 Å². The second-order valence-corrected chi connectivity index (χ2v) is 2.66. The van der Waals surface area contributed by atoms with Gasteiger partial charge in [0.2, 0.25) is 5.82 Å². The Labute approximate surface area is 80.3 Å². The van der Waals surface area contributed by atoms with Gasteiger partial charge in [-0.3, -0.25) is 0 Å². The van der Waals surface area contributed by atoms with Crippen LogP contribution in [0, 0.1) is 17.5 Å². The van der Waals surface area contributed by atoms with Crippen molar-refractivity contribution >= 4 is 17.6 Å². The van der Waals surface area contributed by atoms with E-state index in [9.17, 15) is 18.0 Å². The standard InChI is InChI=1S/C7H2ClF3O3/c8-2-1(7(13)14)3(9)5(11)6(12)4(2)10/h12H,(H,13,14). The summed E-state index contributed by atoms with van der Waals surface area (Å²) in [5, 5.41) is 15.8. The molecule has 0 aliphatic heterocycles. The van der Waals surface area contributed by atoms with Crippen LogP contribution in [0.5, 0.6) is 5.75 Å². The lowest BCUT2D eigenvalue weighted by Gasteiger charge is -2.05. The number of phenolic OH excluding ortho intramolecular Hbond substituents is 1. The number of hydrogen-bond donors (Lipinski definition) is 2. The third-order valence-electron chi connectivity index (χ3n) is 1.45. The molecule has 0 atom stereocenters. The summed E-state index contributed by atoms with van der Waals surface area (Å²) in [4.78, 5) is 10.3. The van der Waals surface area contributed by atoms with Gasteiger partial charge in [-0.15, -0.1) is 0 Å². The number of rotatable bonds is 1. The van der Waals surface area contributed by atoms with E-state index >= 15 is 0 Å². The average molecular weight is 227 g/mol. The molecule has 0 aliphatic rings. The zero-order valence-electron chi connectivity index (χ0n) is 6.31. The second kappa shape index (κ2) is 3.38. The van der Waals surface area contributed by atoms with Crippen LogP contribution < -0.4 is 0 Å². The van der Waals surface area contributed by atoms with Gasteiger partial charge in [0.25, 0.3) is 0 Å². The Bertz CT molecular complexity index is 390. The molecule has 0 unspecified atom stereocenters. The Morgan fingerprint density at radius 3 is 2.07 bits per heavy atom. The van der Waals surface area contributed by atoms with Crippen molar-refractivity contribution in [3.63, 3.8) is 0 Å². The number of carbonyl (C=O) groups is 1. The molecular formula is C7H2ClF3O3. The third-order valence-corrected chi connectivity index (χ3v) is 1.81. The number of benzene rings is 1. The van der Waals surface area contributed by atoms with E-state index in [4.69, 9.17) is 21.8 Å². The molecule has 2 N–H and O–H groups in total. The Morgan fingerprint density at radius 2 is 1.64 bits per heavy atom. The topological polar surface area (TPSA) is 57.5 Å². The lowest BCUT2D eigenvalue weighted by atomic mass is 10.2. The molecule has 0 spiro atoms. The molecule has 1 aromatic rings. The molecule has 0 heterocycles. The second-order valence-electron chi connectivity index (χ2n) is 2.28. The van der Waals surface area contributed by atoms with Gasteiger partial charge in [-0.05, 0) is 0 Å². The molecule has 0 radical (unpaired) electrons. The van der Waals surface area contributed by atoms with Crippen LogP contribution >= 0.6 is 11.6 Å². The summed E-state index contributed by atoms with van der Waals surface area (Å²) in [6.07, 6.45) is 0. The minimum absolute atomic E-state index is 1.17. The molecule has 76 valence electrons. The number of aromatic carboxylic acids is 1. The highest BCUT2D eigenvalue weighted by atomic mass is 35.5. The highest BCUT2D eigenvalue weighted by Crippen LogP contribution is 2.32. The van der Waals surface area contributed by atoms with Crippen molar-refractivity contribution in [2.24, 2.45) is 0 Å². The van der Waals surface area contributed by atoms with E-state index in [1.807, 2.05) is 0 Å². The van der Waals surface area contributed by atoms with Crippen LogP contribution in [0.3, 0.4) is 0 Å². The van der Waals surface area contributed by atoms with E-state index in [-0.39, 0.29) is 0 Å². The summed E-state index contributed by atoms with van der Waals surface area (Å²) in [5.41, 5.74) is -1.35. The summed E-state index contributed by atoms with van der Waals surface area (Å²) in [5.74, 6) is -9.16. The zero-order chi connectivity index (χ0) is 11.0. The van der Waals surface area contributed by atoms with E-state index in [1.165, 1.54) is 0 Å². The highest BCUT2D eigenvalue weighted by molar-refractivity contribution is 6.33. The average Bonchev–Trinajstić information content (AvgIpc) is 2.11. The Kier molecular flexibility index (Phi) is 2.57. The molecular weight excluding hydrogens is 225 g/mol. The third kappa shape index (κ3) is 1.37. The van der Waals surface area contributed by atoms with Crippen molar-refractivity contribution in [1.82, 2.24) is 0 Å². The van der Waals surface area contributed by atoms with E-state index in [0.717, 1.165) is 0 Å². The molecule has 3 nitrogen and oxygen atoms in total. The lowest BCUT2D eigenvalue weighted by Crippen LogP contribution is -2.06. The molecule has 0 aliphatic carbocycles. The van der Waals surface area contributed by atoms with Crippen LogP contribution in [-0.2, 0) is 0 Å². The van der Waals surface area contributed by atoms with Gasteiger partial charge in [-0.1, -0.05) is 11.6 Å². The van der Waals surface area contributed by atoms with Gasteiger partial charge in [0.1, 0.15) is 5.56 Å². The number of phenols is 1. The van der Waals surface area contributed by atoms with Crippen molar-refractivity contribution in [3.05, 3.63) is 28.0 Å². The molecule has 0 aromatic heterocycles. The molecule has 14 heavy (non-hydrogen) atoms. The van der Waals surface area contributed by atoms with Crippen LogP contribution in [0.2, 0.25) is 5.02 Å². The summed E-state index contributed by atoms with van der Waals surface area (Å²) < 4.78 is 38.1. The minimum atomic E-state index is -1.98. The number of aromatic hydroxyl groups is 1. The first kappa shape index (κ1) is 10.6. The number of hydrogen-bond acceptors (Lipinski definition) is 2. The highest BCUT2D eigenvalue weighted by Gasteiger charge is 2.27. The minimum Gasteiger partial charge on any atom is -0.503 e. The van der Waals surface area contributed by atoms with Crippen molar-refractivity contribution in [2.75, 3.05) is 0 Å². The summed E-state index contributed by atoms with van der Waals surface area (Å²) >= 11 is 5.05. The van der Waals surface area contributed by atoms with Gasteiger partial charge in [0, 0.05) is 0 Å². The maximum atomic E-state index is 12.8. The fourth-order valence-electron chi connectivity index (χ4n) is 0.808. The van der Waals surface area contributed by atoms with E-state index in [0.29, 0.717) is 0 Å². The maximum absolute atomic E-state index is 12.8. The van der Waals surface area contributed by atoms with Crippen LogP contribution in [0.4, 0.5) is 13.2 Å². The zero-order valence-corrected chi connectivity index (χ0v) is 7.07. The maximum Gasteiger partial charge on any atom is 0.340 e. The molecule has 0 amide bonds. The van der Waals surface area contributed by atoms with Crippen molar-refractivity contribution in [3.8, 4) is 5.75 Å². The lowest BCUT2D eigenvalue weighted by molar-refractivity contribution is 0.0690. The first-order chi connectivity index (χ1) is 6.37.